The van der Waals surface area contributed by atoms with Gasteiger partial charge < -0.3 is 14.1 Å². The quantitative estimate of drug-likeness (QED) is 0.579. The second kappa shape index (κ2) is 10.7. The number of carbonyl (C=O) groups excluding carboxylic acids is 2. The van der Waals surface area contributed by atoms with E-state index in [2.05, 4.69) is 19.9 Å². The summed E-state index contributed by atoms with van der Waals surface area (Å²) in [5.74, 6) is -0.280. The van der Waals surface area contributed by atoms with Gasteiger partial charge in [-0.25, -0.2) is 4.98 Å². The van der Waals surface area contributed by atoms with Crippen LogP contribution in [0.2, 0.25) is 0 Å². The predicted molar refractivity (Wildman–Crippen MR) is 107 cm³/mol. The zero-order valence-electron chi connectivity index (χ0n) is 16.7. The minimum Gasteiger partial charge on any atom is -0.459 e. The summed E-state index contributed by atoms with van der Waals surface area (Å²) in [7, 11) is 0. The summed E-state index contributed by atoms with van der Waals surface area (Å²) in [5.41, 5.74) is 0.578. The monoisotopic (exact) mass is 460 g/mol. The molecule has 170 valence electrons. The van der Waals surface area contributed by atoms with Crippen molar-refractivity contribution in [1.82, 2.24) is 14.8 Å². The van der Waals surface area contributed by atoms with E-state index in [0.717, 1.165) is 0 Å². The first-order valence-corrected chi connectivity index (χ1v) is 10.6. The van der Waals surface area contributed by atoms with Gasteiger partial charge in [0.25, 0.3) is 5.91 Å². The molecule has 1 saturated heterocycles. The van der Waals surface area contributed by atoms with Crippen molar-refractivity contribution in [2.75, 3.05) is 51.3 Å². The van der Waals surface area contributed by atoms with E-state index in [0.29, 0.717) is 50.0 Å². The third-order valence-corrected chi connectivity index (χ3v) is 5.41. The molecule has 3 rings (SSSR count). The zero-order valence-corrected chi connectivity index (χ0v) is 17.5. The van der Waals surface area contributed by atoms with Crippen molar-refractivity contribution >= 4 is 28.3 Å². The SMILES string of the molecule is O=C(Nc1nc(CC(=O)N2CCN(CCCOCC(F)(F)F)CC2)cs1)c1ccco1. The Kier molecular flexibility index (Phi) is 8.04. The van der Waals surface area contributed by atoms with E-state index in [4.69, 9.17) is 4.42 Å². The van der Waals surface area contributed by atoms with E-state index in [-0.39, 0.29) is 24.7 Å². The number of aromatic nitrogens is 1. The van der Waals surface area contributed by atoms with Crippen molar-refractivity contribution in [3.63, 3.8) is 0 Å². The van der Waals surface area contributed by atoms with E-state index in [1.165, 1.54) is 17.6 Å². The van der Waals surface area contributed by atoms with Gasteiger partial charge in [-0.05, 0) is 18.6 Å². The van der Waals surface area contributed by atoms with Gasteiger partial charge in [0.2, 0.25) is 5.91 Å². The summed E-state index contributed by atoms with van der Waals surface area (Å²) < 4.78 is 45.7. The van der Waals surface area contributed by atoms with E-state index >= 15 is 0 Å². The molecule has 2 aromatic rings. The molecule has 0 aromatic carbocycles. The molecule has 12 heteroatoms. The Morgan fingerprint density at radius 1 is 1.26 bits per heavy atom. The number of rotatable bonds is 9. The van der Waals surface area contributed by atoms with Crippen molar-refractivity contribution in [3.05, 3.63) is 35.2 Å². The Labute approximate surface area is 181 Å². The van der Waals surface area contributed by atoms with Crippen LogP contribution in [-0.4, -0.2) is 78.7 Å². The van der Waals surface area contributed by atoms with Gasteiger partial charge in [0.05, 0.1) is 18.4 Å². The lowest BCUT2D eigenvalue weighted by Gasteiger charge is -2.34. The normalized spacial score (nSPS) is 15.3. The maximum atomic E-state index is 12.5. The summed E-state index contributed by atoms with van der Waals surface area (Å²) in [4.78, 5) is 32.6. The van der Waals surface area contributed by atoms with E-state index in [1.807, 2.05) is 0 Å². The number of carbonyl (C=O) groups is 2. The molecule has 0 unspecified atom stereocenters. The van der Waals surface area contributed by atoms with Crippen LogP contribution in [0.4, 0.5) is 18.3 Å². The number of halogens is 3. The summed E-state index contributed by atoms with van der Waals surface area (Å²) in [6.07, 6.45) is -2.24. The molecule has 1 fully saturated rings. The van der Waals surface area contributed by atoms with Crippen LogP contribution in [0.15, 0.2) is 28.2 Å². The van der Waals surface area contributed by atoms with Gasteiger partial charge in [-0.2, -0.15) is 13.2 Å². The molecular weight excluding hydrogens is 437 g/mol. The van der Waals surface area contributed by atoms with Crippen molar-refractivity contribution in [2.24, 2.45) is 0 Å². The van der Waals surface area contributed by atoms with Gasteiger partial charge in [-0.3, -0.25) is 19.8 Å². The molecule has 2 aromatic heterocycles. The van der Waals surface area contributed by atoms with Gasteiger partial charge in [-0.15, -0.1) is 11.3 Å². The van der Waals surface area contributed by atoms with Crippen LogP contribution in [0.1, 0.15) is 22.7 Å². The topological polar surface area (TPSA) is 87.9 Å². The molecule has 0 saturated carbocycles. The summed E-state index contributed by atoms with van der Waals surface area (Å²) in [6, 6.07) is 3.16. The number of nitrogens with one attached hydrogen (secondary N) is 1. The lowest BCUT2D eigenvalue weighted by Crippen LogP contribution is -2.49. The first-order chi connectivity index (χ1) is 14.8. The fraction of sp³-hybridized carbons (Fsp3) is 0.526. The van der Waals surface area contributed by atoms with Crippen molar-refractivity contribution in [2.45, 2.75) is 19.0 Å². The molecule has 0 atom stereocenters. The number of anilines is 1. The lowest BCUT2D eigenvalue weighted by molar-refractivity contribution is -0.174. The number of piperazine rings is 1. The van der Waals surface area contributed by atoms with Crippen molar-refractivity contribution in [1.29, 1.82) is 0 Å². The third-order valence-electron chi connectivity index (χ3n) is 4.60. The standard InChI is InChI=1S/C19H23F3N4O4S/c20-19(21,22)13-29-9-2-4-25-5-7-26(8-6-25)16(27)11-14-12-31-18(23-14)24-17(28)15-3-1-10-30-15/h1,3,10,12H,2,4-9,11,13H2,(H,23,24,28). The summed E-state index contributed by atoms with van der Waals surface area (Å²) in [6.45, 7) is 1.88. The average molecular weight is 460 g/mol. The van der Waals surface area contributed by atoms with Crippen molar-refractivity contribution < 1.29 is 31.9 Å². The molecule has 1 aliphatic rings. The molecule has 8 nitrogen and oxygen atoms in total. The Bertz CT molecular complexity index is 849. The second-order valence-corrected chi connectivity index (χ2v) is 7.85. The molecule has 3 heterocycles. The third kappa shape index (κ3) is 7.64. The number of hydrogen-bond acceptors (Lipinski definition) is 7. The number of nitrogens with zero attached hydrogens (tertiary/aromatic N) is 3. The molecule has 0 bridgehead atoms. The average Bonchev–Trinajstić information content (AvgIpc) is 3.40. The second-order valence-electron chi connectivity index (χ2n) is 7.00. The highest BCUT2D eigenvalue weighted by atomic mass is 32.1. The highest BCUT2D eigenvalue weighted by Gasteiger charge is 2.27. The van der Waals surface area contributed by atoms with Crippen LogP contribution in [0, 0.1) is 0 Å². The number of furan rings is 1. The Hall–Kier alpha value is -2.44. The first-order valence-electron chi connectivity index (χ1n) is 9.74. The predicted octanol–water partition coefficient (Wildman–Crippen LogP) is 2.64. The van der Waals surface area contributed by atoms with Gasteiger partial charge in [-0.1, -0.05) is 0 Å². The lowest BCUT2D eigenvalue weighted by atomic mass is 10.2. The molecule has 0 spiro atoms. The van der Waals surface area contributed by atoms with Crippen LogP contribution in [0.5, 0.6) is 0 Å². The van der Waals surface area contributed by atoms with Crippen LogP contribution in [0.25, 0.3) is 0 Å². The van der Waals surface area contributed by atoms with Gasteiger partial charge in [0, 0.05) is 44.7 Å². The minimum absolute atomic E-state index is 0.0534. The fourth-order valence-electron chi connectivity index (χ4n) is 3.08. The van der Waals surface area contributed by atoms with Gasteiger partial charge >= 0.3 is 6.18 Å². The van der Waals surface area contributed by atoms with Crippen molar-refractivity contribution in [3.8, 4) is 0 Å². The first kappa shape index (κ1) is 23.2. The number of thiazole rings is 1. The zero-order chi connectivity index (χ0) is 22.3. The molecular formula is C19H23F3N4O4S. The molecule has 2 amide bonds. The number of amides is 2. The Morgan fingerprint density at radius 2 is 2.03 bits per heavy atom. The maximum absolute atomic E-state index is 12.5. The van der Waals surface area contributed by atoms with E-state index in [9.17, 15) is 22.8 Å². The Morgan fingerprint density at radius 3 is 2.71 bits per heavy atom. The van der Waals surface area contributed by atoms with Crippen LogP contribution in [0.3, 0.4) is 0 Å². The van der Waals surface area contributed by atoms with Crippen LogP contribution >= 0.6 is 11.3 Å². The van der Waals surface area contributed by atoms with E-state index in [1.54, 1.807) is 22.4 Å². The Balaban J connectivity index is 1.35. The smallest absolute Gasteiger partial charge is 0.411 e. The fourth-order valence-corrected chi connectivity index (χ4v) is 3.78. The highest BCUT2D eigenvalue weighted by Crippen LogP contribution is 2.18. The molecule has 1 N–H and O–H groups in total. The molecule has 1 aliphatic heterocycles. The van der Waals surface area contributed by atoms with Crippen LogP contribution < -0.4 is 5.32 Å². The minimum atomic E-state index is -4.30. The number of alkyl halides is 3. The highest BCUT2D eigenvalue weighted by molar-refractivity contribution is 7.14. The van der Waals surface area contributed by atoms with Gasteiger partial charge in [0.15, 0.2) is 10.9 Å². The molecule has 0 radical (unpaired) electrons. The van der Waals surface area contributed by atoms with Gasteiger partial charge in [0.1, 0.15) is 6.61 Å². The molecule has 31 heavy (non-hydrogen) atoms. The largest absolute Gasteiger partial charge is 0.459 e. The number of ether oxygens (including phenoxy) is 1. The number of hydrogen-bond donors (Lipinski definition) is 1. The maximum Gasteiger partial charge on any atom is 0.411 e. The van der Waals surface area contributed by atoms with Crippen LogP contribution in [-0.2, 0) is 16.0 Å². The molecule has 0 aliphatic carbocycles. The summed E-state index contributed by atoms with van der Waals surface area (Å²) in [5, 5.41) is 4.75. The van der Waals surface area contributed by atoms with E-state index < -0.39 is 18.7 Å². The summed E-state index contributed by atoms with van der Waals surface area (Å²) >= 11 is 1.23.